The molecule has 3 N–H and O–H groups in total. The Morgan fingerprint density at radius 3 is 2.44 bits per heavy atom. The summed E-state index contributed by atoms with van der Waals surface area (Å²) in [4.78, 5) is 12.3. The molecule has 1 aliphatic carbocycles. The lowest BCUT2D eigenvalue weighted by atomic mass is 9.88. The van der Waals surface area contributed by atoms with Crippen LogP contribution in [0.5, 0.6) is 5.75 Å². The molecule has 3 rings (SSSR count). The normalized spacial score (nSPS) is 25.5. The predicted octanol–water partition coefficient (Wildman–Crippen LogP) is 1.48. The van der Waals surface area contributed by atoms with E-state index in [0.29, 0.717) is 18.6 Å². The van der Waals surface area contributed by atoms with Crippen LogP contribution in [0, 0.1) is 0 Å². The summed E-state index contributed by atoms with van der Waals surface area (Å²) in [5.41, 5.74) is 0.486. The molecule has 0 unspecified atom stereocenters. The average molecular weight is 367 g/mol. The van der Waals surface area contributed by atoms with Crippen LogP contribution in [-0.4, -0.2) is 34.6 Å². The highest BCUT2D eigenvalue weighted by molar-refractivity contribution is 6.21. The fourth-order valence-corrected chi connectivity index (χ4v) is 3.25. The van der Waals surface area contributed by atoms with Gasteiger partial charge in [0.15, 0.2) is 5.43 Å². The van der Waals surface area contributed by atoms with E-state index < -0.39 is 29.1 Å². The molecule has 134 valence electrons. The minimum atomic E-state index is -1.52. The Labute approximate surface area is 149 Å². The fourth-order valence-electron chi connectivity index (χ4n) is 2.94. The van der Waals surface area contributed by atoms with Gasteiger partial charge in [-0.3, -0.25) is 4.79 Å². The van der Waals surface area contributed by atoms with Crippen molar-refractivity contribution in [3.8, 4) is 5.75 Å². The molecule has 0 spiro atoms. The summed E-state index contributed by atoms with van der Waals surface area (Å²) in [7, 11) is 1.60. The van der Waals surface area contributed by atoms with Gasteiger partial charge in [-0.25, -0.2) is 0 Å². The van der Waals surface area contributed by atoms with E-state index in [-0.39, 0.29) is 11.3 Å². The van der Waals surface area contributed by atoms with E-state index in [1.807, 2.05) is 24.3 Å². The molecular weight excluding hydrogens is 348 g/mol. The molecule has 1 aromatic heterocycles. The molecule has 1 aromatic carbocycles. The van der Waals surface area contributed by atoms with Crippen LogP contribution < -0.4 is 10.2 Å². The van der Waals surface area contributed by atoms with Crippen LogP contribution in [0.15, 0.2) is 39.5 Å². The Hall–Kier alpha value is -1.86. The first kappa shape index (κ1) is 17.9. The van der Waals surface area contributed by atoms with E-state index in [9.17, 15) is 20.1 Å². The molecule has 7 heteroatoms. The minimum Gasteiger partial charge on any atom is -0.497 e. The van der Waals surface area contributed by atoms with Gasteiger partial charge in [-0.1, -0.05) is 12.1 Å². The van der Waals surface area contributed by atoms with Crippen molar-refractivity contribution < 1.29 is 24.5 Å². The summed E-state index contributed by atoms with van der Waals surface area (Å²) in [6.45, 7) is 0. The first-order valence-corrected chi connectivity index (χ1v) is 8.34. The van der Waals surface area contributed by atoms with Gasteiger partial charge in [-0.15, -0.1) is 11.6 Å². The van der Waals surface area contributed by atoms with Crippen molar-refractivity contribution in [3.63, 3.8) is 0 Å². The summed E-state index contributed by atoms with van der Waals surface area (Å²) in [6, 6.07) is 8.83. The van der Waals surface area contributed by atoms with Gasteiger partial charge in [0.25, 0.3) is 0 Å². The number of rotatable bonds is 4. The number of benzene rings is 1. The van der Waals surface area contributed by atoms with Crippen molar-refractivity contribution in [2.45, 2.75) is 36.5 Å². The Morgan fingerprint density at radius 2 is 1.80 bits per heavy atom. The lowest BCUT2D eigenvalue weighted by molar-refractivity contribution is -0.0756. The molecule has 0 fully saturated rings. The number of aliphatic hydroxyl groups is 3. The number of hydrogen-bond acceptors (Lipinski definition) is 6. The molecule has 2 aromatic rings. The van der Waals surface area contributed by atoms with Crippen LogP contribution in [0.1, 0.15) is 34.1 Å². The van der Waals surface area contributed by atoms with Crippen molar-refractivity contribution >= 4 is 11.6 Å². The Kier molecular flexibility index (Phi) is 5.15. The number of aryl methyl sites for hydroxylation is 2. The van der Waals surface area contributed by atoms with Gasteiger partial charge in [0, 0.05) is 12.5 Å². The maximum atomic E-state index is 12.3. The van der Waals surface area contributed by atoms with Gasteiger partial charge >= 0.3 is 0 Å². The standard InChI is InChI=1S/C18H19ClO6/c1-24-10-5-2-9(3-6-10)4-7-11-8-12(20)13-15(21)17(23)16(22)14(19)18(13)25-11/h2-3,5-6,8,14-17,21-23H,4,7H2,1H3/t14-,15-,16-,17+/m1/s1. The van der Waals surface area contributed by atoms with Gasteiger partial charge < -0.3 is 24.5 Å². The summed E-state index contributed by atoms with van der Waals surface area (Å²) in [5.74, 6) is 1.18. The number of aliphatic hydroxyl groups excluding tert-OH is 3. The predicted molar refractivity (Wildman–Crippen MR) is 90.9 cm³/mol. The molecule has 1 aliphatic rings. The van der Waals surface area contributed by atoms with E-state index in [2.05, 4.69) is 0 Å². The topological polar surface area (TPSA) is 100 Å². The first-order valence-electron chi connectivity index (χ1n) is 7.90. The van der Waals surface area contributed by atoms with Crippen LogP contribution in [0.25, 0.3) is 0 Å². The van der Waals surface area contributed by atoms with Crippen LogP contribution in [0.4, 0.5) is 0 Å². The number of ether oxygens (including phenoxy) is 1. The second kappa shape index (κ2) is 7.17. The zero-order valence-corrected chi connectivity index (χ0v) is 14.3. The minimum absolute atomic E-state index is 0.0178. The smallest absolute Gasteiger partial charge is 0.191 e. The molecule has 0 saturated heterocycles. The first-order chi connectivity index (χ1) is 11.9. The van der Waals surface area contributed by atoms with Crippen molar-refractivity contribution in [2.24, 2.45) is 0 Å². The lowest BCUT2D eigenvalue weighted by Gasteiger charge is -2.32. The molecule has 0 radical (unpaired) electrons. The molecule has 25 heavy (non-hydrogen) atoms. The van der Waals surface area contributed by atoms with E-state index >= 15 is 0 Å². The van der Waals surface area contributed by atoms with E-state index in [1.165, 1.54) is 6.07 Å². The Bertz CT molecular complexity index is 800. The zero-order valence-electron chi connectivity index (χ0n) is 13.6. The second-order valence-corrected chi connectivity index (χ2v) is 6.50. The summed E-state index contributed by atoms with van der Waals surface area (Å²) in [5, 5.41) is 28.6. The van der Waals surface area contributed by atoms with Crippen LogP contribution in [-0.2, 0) is 12.8 Å². The number of fused-ring (bicyclic) bond motifs is 1. The van der Waals surface area contributed by atoms with Crippen molar-refractivity contribution in [1.29, 1.82) is 0 Å². The molecule has 1 heterocycles. The second-order valence-electron chi connectivity index (χ2n) is 6.03. The quantitative estimate of drug-likeness (QED) is 0.709. The van der Waals surface area contributed by atoms with Gasteiger partial charge in [-0.2, -0.15) is 0 Å². The van der Waals surface area contributed by atoms with Gasteiger partial charge in [0.2, 0.25) is 0 Å². The van der Waals surface area contributed by atoms with E-state index in [0.717, 1.165) is 11.3 Å². The highest BCUT2D eigenvalue weighted by Gasteiger charge is 2.43. The monoisotopic (exact) mass is 366 g/mol. The van der Waals surface area contributed by atoms with Crippen LogP contribution in [0.2, 0.25) is 0 Å². The van der Waals surface area contributed by atoms with E-state index in [1.54, 1.807) is 7.11 Å². The number of alkyl halides is 1. The maximum Gasteiger partial charge on any atom is 0.191 e. The van der Waals surface area contributed by atoms with Gasteiger partial charge in [0.05, 0.1) is 12.7 Å². The number of halogens is 1. The third-order valence-electron chi connectivity index (χ3n) is 4.40. The van der Waals surface area contributed by atoms with Gasteiger partial charge in [0.1, 0.15) is 41.0 Å². The highest BCUT2D eigenvalue weighted by Crippen LogP contribution is 2.39. The van der Waals surface area contributed by atoms with Gasteiger partial charge in [-0.05, 0) is 24.1 Å². The van der Waals surface area contributed by atoms with Crippen LogP contribution >= 0.6 is 11.6 Å². The summed E-state index contributed by atoms with van der Waals surface area (Å²) >= 11 is 6.08. The molecule has 6 nitrogen and oxygen atoms in total. The van der Waals surface area contributed by atoms with Crippen molar-refractivity contribution in [1.82, 2.24) is 0 Å². The van der Waals surface area contributed by atoms with E-state index in [4.69, 9.17) is 20.8 Å². The Morgan fingerprint density at radius 1 is 1.12 bits per heavy atom. The van der Waals surface area contributed by atoms with Crippen LogP contribution in [0.3, 0.4) is 0 Å². The number of hydrogen-bond donors (Lipinski definition) is 3. The summed E-state index contributed by atoms with van der Waals surface area (Å²) < 4.78 is 10.8. The third kappa shape index (κ3) is 3.43. The molecule has 0 saturated carbocycles. The van der Waals surface area contributed by atoms with Crippen molar-refractivity contribution in [3.05, 3.63) is 63.2 Å². The zero-order chi connectivity index (χ0) is 18.1. The summed E-state index contributed by atoms with van der Waals surface area (Å²) in [6.07, 6.45) is -3.38. The Balaban J connectivity index is 1.84. The molecule has 0 bridgehead atoms. The maximum absolute atomic E-state index is 12.3. The largest absolute Gasteiger partial charge is 0.497 e. The number of methoxy groups -OCH3 is 1. The molecular formula is C18H19ClO6. The average Bonchev–Trinajstić information content (AvgIpc) is 2.62. The van der Waals surface area contributed by atoms with Crippen molar-refractivity contribution in [2.75, 3.05) is 7.11 Å². The SMILES string of the molecule is COc1ccc(CCc2cc(=O)c3c(o2)[C@H](Cl)[C@@H](O)[C@@H](O)[C@@H]3O)cc1. The molecule has 0 amide bonds. The third-order valence-corrected chi connectivity index (χ3v) is 4.86. The lowest BCUT2D eigenvalue weighted by Crippen LogP contribution is -2.42. The fraction of sp³-hybridized carbons (Fsp3) is 0.389. The molecule has 0 aliphatic heterocycles. The molecule has 4 atom stereocenters. The highest BCUT2D eigenvalue weighted by atomic mass is 35.5.